The third kappa shape index (κ3) is 4.17. The smallest absolute Gasteiger partial charge is 0.251 e. The molecule has 4 rings (SSSR count). The summed E-state index contributed by atoms with van der Waals surface area (Å²) in [5.74, 6) is 0.174. The van der Waals surface area contributed by atoms with E-state index in [9.17, 15) is 4.79 Å². The van der Waals surface area contributed by atoms with Gasteiger partial charge in [-0.3, -0.25) is 9.69 Å². The molecule has 0 aliphatic carbocycles. The highest BCUT2D eigenvalue weighted by Gasteiger charge is 2.30. The van der Waals surface area contributed by atoms with Crippen LogP contribution < -0.4 is 0 Å². The van der Waals surface area contributed by atoms with E-state index in [-0.39, 0.29) is 12.0 Å². The number of nitrogens with zero attached hydrogens (tertiary/aromatic N) is 3. The van der Waals surface area contributed by atoms with Gasteiger partial charge >= 0.3 is 0 Å². The van der Waals surface area contributed by atoms with Crippen LogP contribution in [0.15, 0.2) is 34.1 Å². The number of halogens is 1. The minimum absolute atomic E-state index is 0.174. The van der Waals surface area contributed by atoms with E-state index >= 15 is 0 Å². The first-order valence-corrected chi connectivity index (χ1v) is 10.7. The molecule has 0 N–H and O–H groups in total. The maximum Gasteiger partial charge on any atom is 0.251 e. The van der Waals surface area contributed by atoms with E-state index in [1.165, 1.54) is 0 Å². The van der Waals surface area contributed by atoms with Crippen LogP contribution in [0.2, 0.25) is 0 Å². The van der Waals surface area contributed by atoms with E-state index in [0.29, 0.717) is 0 Å². The van der Waals surface area contributed by atoms with Gasteiger partial charge in [-0.2, -0.15) is 0 Å². The van der Waals surface area contributed by atoms with Crippen LogP contribution in [0, 0.1) is 0 Å². The number of hydrogen-bond acceptors (Lipinski definition) is 5. The summed E-state index contributed by atoms with van der Waals surface area (Å²) in [7, 11) is 0. The van der Waals surface area contributed by atoms with Gasteiger partial charge in [-0.15, -0.1) is 11.3 Å². The molecule has 7 heteroatoms. The zero-order valence-electron chi connectivity index (χ0n) is 14.6. The predicted molar refractivity (Wildman–Crippen MR) is 106 cm³/mol. The Kier molecular flexibility index (Phi) is 5.69. The highest BCUT2D eigenvalue weighted by atomic mass is 79.9. The predicted octanol–water partition coefficient (Wildman–Crippen LogP) is 3.40. The third-order valence-corrected chi connectivity index (χ3v) is 6.33. The Hall–Kier alpha value is -1.28. The van der Waals surface area contributed by atoms with Crippen molar-refractivity contribution in [2.24, 2.45) is 0 Å². The molecule has 26 heavy (non-hydrogen) atoms. The lowest BCUT2D eigenvalue weighted by Gasteiger charge is -2.35. The molecule has 2 aromatic rings. The van der Waals surface area contributed by atoms with E-state index < -0.39 is 0 Å². The number of carbonyl (C=O) groups excluding carboxylic acids is 1. The van der Waals surface area contributed by atoms with Crippen LogP contribution in [0.25, 0.3) is 10.6 Å². The second-order valence-electron chi connectivity index (χ2n) is 6.76. The van der Waals surface area contributed by atoms with Crippen LogP contribution in [0.3, 0.4) is 0 Å². The average molecular weight is 436 g/mol. The van der Waals surface area contributed by atoms with Gasteiger partial charge in [0.15, 0.2) is 0 Å². The van der Waals surface area contributed by atoms with E-state index in [0.717, 1.165) is 72.9 Å². The van der Waals surface area contributed by atoms with Gasteiger partial charge < -0.3 is 9.64 Å². The molecule has 138 valence electrons. The second kappa shape index (κ2) is 8.17. The summed E-state index contributed by atoms with van der Waals surface area (Å²) in [4.78, 5) is 21.5. The maximum absolute atomic E-state index is 12.4. The van der Waals surface area contributed by atoms with Crippen LogP contribution in [-0.4, -0.2) is 59.6 Å². The van der Waals surface area contributed by atoms with Crippen LogP contribution in [0.4, 0.5) is 0 Å². The van der Waals surface area contributed by atoms with E-state index in [1.807, 2.05) is 17.0 Å². The van der Waals surface area contributed by atoms with Crippen molar-refractivity contribution < 1.29 is 9.53 Å². The number of benzene rings is 1. The molecule has 2 fully saturated rings. The van der Waals surface area contributed by atoms with Gasteiger partial charge in [-0.1, -0.05) is 28.1 Å². The van der Waals surface area contributed by atoms with Crippen LogP contribution in [0.5, 0.6) is 0 Å². The first-order valence-electron chi connectivity index (χ1n) is 9.02. The van der Waals surface area contributed by atoms with Gasteiger partial charge in [0.05, 0.1) is 5.69 Å². The standard InChI is InChI=1S/C19H22BrN3O2S/c20-15-4-1-3-14(11-15)18-21-16(13-26-18)12-22-6-8-23(9-7-22)19(24)17-5-2-10-25-17/h1,3-4,11,13,17H,2,5-10,12H2. The van der Waals surface area contributed by atoms with Crippen molar-refractivity contribution in [3.05, 3.63) is 39.8 Å². The number of piperazine rings is 1. The zero-order valence-corrected chi connectivity index (χ0v) is 17.0. The monoisotopic (exact) mass is 435 g/mol. The molecule has 1 unspecified atom stereocenters. The fraction of sp³-hybridized carbons (Fsp3) is 0.474. The molecule has 1 aromatic heterocycles. The summed E-state index contributed by atoms with van der Waals surface area (Å²) in [6.07, 6.45) is 1.67. The SMILES string of the molecule is O=C(C1CCCO1)N1CCN(Cc2csc(-c3cccc(Br)c3)n2)CC1. The van der Waals surface area contributed by atoms with E-state index in [2.05, 4.69) is 38.3 Å². The first kappa shape index (κ1) is 18.1. The summed E-state index contributed by atoms with van der Waals surface area (Å²) in [5, 5.41) is 3.19. The lowest BCUT2D eigenvalue weighted by molar-refractivity contribution is -0.142. The number of rotatable bonds is 4. The molecule has 2 aliphatic heterocycles. The van der Waals surface area contributed by atoms with Gasteiger partial charge in [0.2, 0.25) is 0 Å². The molecular formula is C19H22BrN3O2S. The van der Waals surface area contributed by atoms with E-state index in [1.54, 1.807) is 11.3 Å². The number of hydrogen-bond donors (Lipinski definition) is 0. The van der Waals surface area contributed by atoms with Crippen molar-refractivity contribution in [1.29, 1.82) is 0 Å². The normalized spacial score (nSPS) is 21.3. The highest BCUT2D eigenvalue weighted by Crippen LogP contribution is 2.27. The van der Waals surface area contributed by atoms with Crippen molar-refractivity contribution in [3.8, 4) is 10.6 Å². The minimum atomic E-state index is -0.201. The molecule has 0 bridgehead atoms. The number of ether oxygens (including phenoxy) is 1. The quantitative estimate of drug-likeness (QED) is 0.737. The Morgan fingerprint density at radius 3 is 2.88 bits per heavy atom. The molecule has 2 saturated heterocycles. The summed E-state index contributed by atoms with van der Waals surface area (Å²) < 4.78 is 6.60. The Morgan fingerprint density at radius 2 is 2.15 bits per heavy atom. The maximum atomic E-state index is 12.4. The van der Waals surface area contributed by atoms with Crippen molar-refractivity contribution in [2.45, 2.75) is 25.5 Å². The first-order chi connectivity index (χ1) is 12.7. The Morgan fingerprint density at radius 1 is 1.31 bits per heavy atom. The fourth-order valence-electron chi connectivity index (χ4n) is 3.47. The number of thiazole rings is 1. The van der Waals surface area contributed by atoms with Crippen LogP contribution in [0.1, 0.15) is 18.5 Å². The zero-order chi connectivity index (χ0) is 17.9. The Bertz CT molecular complexity index is 768. The third-order valence-electron chi connectivity index (χ3n) is 4.90. The molecule has 2 aliphatic rings. The second-order valence-corrected chi connectivity index (χ2v) is 8.53. The molecule has 5 nitrogen and oxygen atoms in total. The minimum Gasteiger partial charge on any atom is -0.368 e. The summed E-state index contributed by atoms with van der Waals surface area (Å²) >= 11 is 5.20. The van der Waals surface area contributed by atoms with E-state index in [4.69, 9.17) is 9.72 Å². The molecule has 0 saturated carbocycles. The van der Waals surface area contributed by atoms with Gasteiger partial charge in [-0.25, -0.2) is 4.98 Å². The summed E-state index contributed by atoms with van der Waals surface area (Å²) in [6.45, 7) is 4.90. The molecular weight excluding hydrogens is 414 g/mol. The lowest BCUT2D eigenvalue weighted by Crippen LogP contribution is -2.51. The Labute approximate surface area is 166 Å². The number of carbonyl (C=O) groups is 1. The topological polar surface area (TPSA) is 45.7 Å². The lowest BCUT2D eigenvalue weighted by atomic mass is 10.2. The van der Waals surface area contributed by atoms with Gasteiger partial charge in [-0.05, 0) is 25.0 Å². The summed E-state index contributed by atoms with van der Waals surface area (Å²) in [6, 6.07) is 8.24. The van der Waals surface area contributed by atoms with Gasteiger partial charge in [0.25, 0.3) is 5.91 Å². The number of amides is 1. The Balaban J connectivity index is 1.31. The molecule has 0 spiro atoms. The van der Waals surface area contributed by atoms with Crippen molar-refractivity contribution in [1.82, 2.24) is 14.8 Å². The van der Waals surface area contributed by atoms with Crippen molar-refractivity contribution in [2.75, 3.05) is 32.8 Å². The van der Waals surface area contributed by atoms with Crippen LogP contribution >= 0.6 is 27.3 Å². The fourth-order valence-corrected chi connectivity index (χ4v) is 4.67. The molecule has 1 amide bonds. The van der Waals surface area contributed by atoms with Gasteiger partial charge in [0.1, 0.15) is 11.1 Å². The van der Waals surface area contributed by atoms with Crippen LogP contribution in [-0.2, 0) is 16.1 Å². The molecule has 0 radical (unpaired) electrons. The summed E-state index contributed by atoms with van der Waals surface area (Å²) in [5.41, 5.74) is 2.24. The number of aromatic nitrogens is 1. The van der Waals surface area contributed by atoms with Crippen molar-refractivity contribution >= 4 is 33.2 Å². The average Bonchev–Trinajstić information content (AvgIpc) is 3.34. The highest BCUT2D eigenvalue weighted by molar-refractivity contribution is 9.10. The largest absolute Gasteiger partial charge is 0.368 e. The van der Waals surface area contributed by atoms with Crippen molar-refractivity contribution in [3.63, 3.8) is 0 Å². The molecule has 3 heterocycles. The molecule has 1 aromatic carbocycles. The van der Waals surface area contributed by atoms with Gasteiger partial charge in [0, 0.05) is 54.7 Å². The molecule has 1 atom stereocenters.